The quantitative estimate of drug-likeness (QED) is 0.593. The first-order valence-corrected chi connectivity index (χ1v) is 7.55. The number of allylic oxidation sites excluding steroid dienone is 1. The van der Waals surface area contributed by atoms with Gasteiger partial charge in [-0.2, -0.15) is 0 Å². The number of esters is 1. The fourth-order valence-electron chi connectivity index (χ4n) is 2.33. The van der Waals surface area contributed by atoms with Crippen molar-refractivity contribution < 1.29 is 19.1 Å². The average molecular weight is 297 g/mol. The second-order valence-electron chi connectivity index (χ2n) is 6.38. The normalized spacial score (nSPS) is 17.6. The fourth-order valence-corrected chi connectivity index (χ4v) is 2.33. The minimum atomic E-state index is -0.465. The summed E-state index contributed by atoms with van der Waals surface area (Å²) in [5.74, 6) is 0.0395. The van der Waals surface area contributed by atoms with Gasteiger partial charge in [-0.25, -0.2) is 9.59 Å². The topological polar surface area (TPSA) is 55.8 Å². The second-order valence-corrected chi connectivity index (χ2v) is 6.38. The Balaban J connectivity index is 2.48. The zero-order valence-corrected chi connectivity index (χ0v) is 13.8. The summed E-state index contributed by atoms with van der Waals surface area (Å²) in [5.41, 5.74) is 0.561. The van der Waals surface area contributed by atoms with Crippen LogP contribution in [0.3, 0.4) is 0 Å². The van der Waals surface area contributed by atoms with Gasteiger partial charge in [0.1, 0.15) is 5.60 Å². The minimum absolute atomic E-state index is 0.257. The molecule has 5 heteroatoms. The summed E-state index contributed by atoms with van der Waals surface area (Å²) >= 11 is 0. The molecule has 1 amide bonds. The molecule has 1 aliphatic heterocycles. The van der Waals surface area contributed by atoms with E-state index in [1.165, 1.54) is 0 Å². The maximum atomic E-state index is 12.0. The maximum absolute atomic E-state index is 12.0. The number of amides is 1. The molecule has 0 radical (unpaired) electrons. The summed E-state index contributed by atoms with van der Waals surface area (Å²) in [7, 11) is 0. The molecule has 1 fully saturated rings. The van der Waals surface area contributed by atoms with E-state index >= 15 is 0 Å². The summed E-state index contributed by atoms with van der Waals surface area (Å²) < 4.78 is 10.3. The van der Waals surface area contributed by atoms with Gasteiger partial charge in [0, 0.05) is 19.2 Å². The number of ether oxygens (including phenoxy) is 2. The van der Waals surface area contributed by atoms with Gasteiger partial charge in [0.25, 0.3) is 0 Å². The molecule has 0 aromatic carbocycles. The molecule has 0 aliphatic carbocycles. The predicted octanol–water partition coefficient (Wildman–Crippen LogP) is 3.14. The van der Waals surface area contributed by atoms with Crippen molar-refractivity contribution in [1.29, 1.82) is 0 Å². The van der Waals surface area contributed by atoms with Crippen LogP contribution >= 0.6 is 0 Å². The number of rotatable bonds is 3. The third-order valence-corrected chi connectivity index (χ3v) is 3.42. The number of carbonyl (C=O) groups excluding carboxylic acids is 2. The lowest BCUT2D eigenvalue weighted by Crippen LogP contribution is -2.41. The molecule has 1 aliphatic rings. The molecule has 1 rings (SSSR count). The van der Waals surface area contributed by atoms with E-state index in [9.17, 15) is 9.59 Å². The van der Waals surface area contributed by atoms with Crippen LogP contribution in [0.1, 0.15) is 47.5 Å². The smallest absolute Gasteiger partial charge is 0.410 e. The van der Waals surface area contributed by atoms with Crippen LogP contribution in [0.25, 0.3) is 0 Å². The van der Waals surface area contributed by atoms with Crippen LogP contribution in [0, 0.1) is 5.92 Å². The highest BCUT2D eigenvalue weighted by Crippen LogP contribution is 2.25. The summed E-state index contributed by atoms with van der Waals surface area (Å²) in [6.45, 7) is 11.0. The van der Waals surface area contributed by atoms with Crippen LogP contribution in [0.2, 0.25) is 0 Å². The number of carbonyl (C=O) groups is 2. The molecule has 0 atom stereocenters. The van der Waals surface area contributed by atoms with Gasteiger partial charge in [0.05, 0.1) is 6.61 Å². The molecule has 21 heavy (non-hydrogen) atoms. The minimum Gasteiger partial charge on any atom is -0.463 e. The number of hydrogen-bond donors (Lipinski definition) is 0. The molecule has 120 valence electrons. The molecule has 1 saturated heterocycles. The van der Waals surface area contributed by atoms with Crippen molar-refractivity contribution in [2.45, 2.75) is 53.1 Å². The van der Waals surface area contributed by atoms with Crippen molar-refractivity contribution in [1.82, 2.24) is 4.90 Å². The van der Waals surface area contributed by atoms with Crippen molar-refractivity contribution in [3.63, 3.8) is 0 Å². The van der Waals surface area contributed by atoms with Crippen LogP contribution in [-0.2, 0) is 14.3 Å². The van der Waals surface area contributed by atoms with E-state index in [2.05, 4.69) is 0 Å². The monoisotopic (exact) mass is 297 g/mol. The van der Waals surface area contributed by atoms with E-state index in [-0.39, 0.29) is 12.1 Å². The van der Waals surface area contributed by atoms with Crippen molar-refractivity contribution in [2.75, 3.05) is 19.7 Å². The van der Waals surface area contributed by atoms with Crippen LogP contribution in [-0.4, -0.2) is 42.3 Å². The first-order valence-electron chi connectivity index (χ1n) is 7.55. The third-order valence-electron chi connectivity index (χ3n) is 3.42. The largest absolute Gasteiger partial charge is 0.463 e. The van der Waals surface area contributed by atoms with E-state index in [0.717, 1.165) is 18.4 Å². The summed E-state index contributed by atoms with van der Waals surface area (Å²) in [6, 6.07) is 0. The molecule has 0 aromatic heterocycles. The summed E-state index contributed by atoms with van der Waals surface area (Å²) in [4.78, 5) is 25.1. The van der Waals surface area contributed by atoms with E-state index in [1.807, 2.05) is 27.7 Å². The van der Waals surface area contributed by atoms with E-state index in [1.54, 1.807) is 17.9 Å². The molecule has 0 spiro atoms. The van der Waals surface area contributed by atoms with Gasteiger partial charge in [-0.3, -0.25) is 0 Å². The van der Waals surface area contributed by atoms with Gasteiger partial charge in [-0.15, -0.1) is 0 Å². The Morgan fingerprint density at radius 3 is 2.29 bits per heavy atom. The lowest BCUT2D eigenvalue weighted by Gasteiger charge is -2.33. The second kappa shape index (κ2) is 7.48. The van der Waals surface area contributed by atoms with Gasteiger partial charge in [0.15, 0.2) is 0 Å². The average Bonchev–Trinajstić information content (AvgIpc) is 2.37. The lowest BCUT2D eigenvalue weighted by molar-refractivity contribution is -0.137. The Bertz CT molecular complexity index is 401. The highest BCUT2D eigenvalue weighted by atomic mass is 16.6. The van der Waals surface area contributed by atoms with Gasteiger partial charge >= 0.3 is 12.1 Å². The van der Waals surface area contributed by atoms with Crippen molar-refractivity contribution in [3.8, 4) is 0 Å². The van der Waals surface area contributed by atoms with Crippen LogP contribution in [0.15, 0.2) is 11.6 Å². The number of likely N-dealkylation sites (tertiary alicyclic amines) is 1. The van der Waals surface area contributed by atoms with Crippen LogP contribution in [0.5, 0.6) is 0 Å². The van der Waals surface area contributed by atoms with E-state index in [0.29, 0.717) is 25.6 Å². The number of piperidine rings is 1. The van der Waals surface area contributed by atoms with E-state index < -0.39 is 5.60 Å². The lowest BCUT2D eigenvalue weighted by atomic mass is 9.90. The number of hydrogen-bond acceptors (Lipinski definition) is 4. The molecule has 5 nitrogen and oxygen atoms in total. The van der Waals surface area contributed by atoms with Crippen LogP contribution < -0.4 is 0 Å². The standard InChI is InChI=1S/C16H27NO4/c1-6-20-14(18)11-12(2)13-7-9-17(10-8-13)15(19)21-16(3,4)5/h11,13H,6-10H2,1-5H3/b12-11-. The van der Waals surface area contributed by atoms with Gasteiger partial charge in [0.2, 0.25) is 0 Å². The Kier molecular flexibility index (Phi) is 6.24. The molecular formula is C16H27NO4. The Labute approximate surface area is 127 Å². The first-order chi connectivity index (χ1) is 9.73. The molecule has 0 N–H and O–H groups in total. The van der Waals surface area contributed by atoms with Gasteiger partial charge < -0.3 is 14.4 Å². The zero-order valence-electron chi connectivity index (χ0n) is 13.8. The Morgan fingerprint density at radius 2 is 1.81 bits per heavy atom. The molecule has 0 bridgehead atoms. The highest BCUT2D eigenvalue weighted by Gasteiger charge is 2.27. The maximum Gasteiger partial charge on any atom is 0.410 e. The van der Waals surface area contributed by atoms with Gasteiger partial charge in [-0.1, -0.05) is 5.57 Å². The third kappa shape index (κ3) is 6.19. The molecule has 0 saturated carbocycles. The van der Waals surface area contributed by atoms with E-state index in [4.69, 9.17) is 9.47 Å². The molecule has 0 aromatic rings. The van der Waals surface area contributed by atoms with Crippen LogP contribution in [0.4, 0.5) is 4.79 Å². The molecule has 0 unspecified atom stereocenters. The SMILES string of the molecule is CCOC(=O)/C=C(/C)C1CCN(C(=O)OC(C)(C)C)CC1. The highest BCUT2D eigenvalue weighted by molar-refractivity contribution is 5.82. The van der Waals surface area contributed by atoms with Crippen molar-refractivity contribution in [3.05, 3.63) is 11.6 Å². The Hall–Kier alpha value is -1.52. The summed E-state index contributed by atoms with van der Waals surface area (Å²) in [6.07, 6.45) is 3.01. The summed E-state index contributed by atoms with van der Waals surface area (Å²) in [5, 5.41) is 0. The zero-order chi connectivity index (χ0) is 16.0. The first kappa shape index (κ1) is 17.5. The number of nitrogens with zero attached hydrogens (tertiary/aromatic N) is 1. The van der Waals surface area contributed by atoms with Crippen molar-refractivity contribution >= 4 is 12.1 Å². The molecule has 1 heterocycles. The van der Waals surface area contributed by atoms with Crippen molar-refractivity contribution in [2.24, 2.45) is 5.92 Å². The van der Waals surface area contributed by atoms with Gasteiger partial charge in [-0.05, 0) is 53.4 Å². The fraction of sp³-hybridized carbons (Fsp3) is 0.750. The predicted molar refractivity (Wildman–Crippen MR) is 80.9 cm³/mol. The Morgan fingerprint density at radius 1 is 1.24 bits per heavy atom. The molecular weight excluding hydrogens is 270 g/mol.